The minimum Gasteiger partial charge on any atom is -0.493 e. The summed E-state index contributed by atoms with van der Waals surface area (Å²) in [6, 6.07) is 11.0. The van der Waals surface area contributed by atoms with Gasteiger partial charge in [-0.1, -0.05) is 23.7 Å². The minimum absolute atomic E-state index is 0.197. The first-order valence-electron chi connectivity index (χ1n) is 8.07. The number of para-hydroxylation sites is 1. The Morgan fingerprint density at radius 3 is 2.48 bits per heavy atom. The lowest BCUT2D eigenvalue weighted by Crippen LogP contribution is -2.41. The van der Waals surface area contributed by atoms with Gasteiger partial charge in [0.1, 0.15) is 0 Å². The van der Waals surface area contributed by atoms with Gasteiger partial charge in [0.05, 0.1) is 31.6 Å². The van der Waals surface area contributed by atoms with Crippen molar-refractivity contribution in [1.29, 1.82) is 0 Å². The zero-order valence-electron chi connectivity index (χ0n) is 14.8. The number of ether oxygens (including phenoxy) is 2. The number of benzene rings is 2. The molecule has 0 fully saturated rings. The van der Waals surface area contributed by atoms with Gasteiger partial charge in [-0.05, 0) is 36.4 Å². The molecule has 0 saturated heterocycles. The van der Waals surface area contributed by atoms with Crippen LogP contribution in [0.1, 0.15) is 10.4 Å². The van der Waals surface area contributed by atoms with E-state index >= 15 is 0 Å². The highest BCUT2D eigenvalue weighted by Crippen LogP contribution is 2.34. The second-order valence-corrected chi connectivity index (χ2v) is 8.29. The Balaban J connectivity index is 2.11. The van der Waals surface area contributed by atoms with Crippen LogP contribution in [-0.4, -0.2) is 40.3 Å². The van der Waals surface area contributed by atoms with Gasteiger partial charge in [0.25, 0.3) is 5.91 Å². The molecule has 0 saturated carbocycles. The number of methoxy groups -OCH3 is 2. The van der Waals surface area contributed by atoms with Gasteiger partial charge in [0, 0.05) is 16.1 Å². The van der Waals surface area contributed by atoms with Crippen LogP contribution in [0.15, 0.2) is 53.9 Å². The van der Waals surface area contributed by atoms with Gasteiger partial charge in [-0.15, -0.1) is 0 Å². The van der Waals surface area contributed by atoms with Crippen molar-refractivity contribution in [1.82, 2.24) is 0 Å². The molecule has 1 atom stereocenters. The Kier molecular flexibility index (Phi) is 5.43. The molecule has 2 aromatic rings. The molecule has 6 nitrogen and oxygen atoms in total. The maximum atomic E-state index is 13.4. The molecule has 142 valence electrons. The lowest BCUT2D eigenvalue weighted by Gasteiger charge is -2.28. The predicted molar refractivity (Wildman–Crippen MR) is 105 cm³/mol. The molecule has 27 heavy (non-hydrogen) atoms. The molecule has 1 heterocycles. The Labute approximate surface area is 162 Å². The fourth-order valence-corrected chi connectivity index (χ4v) is 4.44. The lowest BCUT2D eigenvalue weighted by atomic mass is 10.1. The molecule has 0 aromatic heterocycles. The van der Waals surface area contributed by atoms with Crippen molar-refractivity contribution >= 4 is 33.0 Å². The average molecular weight is 408 g/mol. The van der Waals surface area contributed by atoms with Crippen LogP contribution in [0.5, 0.6) is 11.5 Å². The zero-order chi connectivity index (χ0) is 19.6. The highest BCUT2D eigenvalue weighted by atomic mass is 35.5. The van der Waals surface area contributed by atoms with Gasteiger partial charge >= 0.3 is 0 Å². The predicted octanol–water partition coefficient (Wildman–Crippen LogP) is 3.31. The third kappa shape index (κ3) is 3.94. The van der Waals surface area contributed by atoms with E-state index < -0.39 is 21.8 Å². The second-order valence-electron chi connectivity index (χ2n) is 5.92. The van der Waals surface area contributed by atoms with Crippen LogP contribution in [0.4, 0.5) is 5.69 Å². The summed E-state index contributed by atoms with van der Waals surface area (Å²) in [6.45, 7) is 0. The fourth-order valence-electron chi connectivity index (χ4n) is 2.99. The number of amides is 1. The van der Waals surface area contributed by atoms with E-state index in [-0.39, 0.29) is 17.1 Å². The topological polar surface area (TPSA) is 72.9 Å². The standard InChI is InChI=1S/C19H18ClNO5S/c1-25-17-8-4-7-16(18(17)26-2)19(22)21(14-6-3-5-13(20)11-14)15-9-10-27(23,24)12-15/h3-11,15H,12H2,1-2H3/t15-/m0/s1. The van der Waals surface area contributed by atoms with Gasteiger partial charge < -0.3 is 14.4 Å². The molecule has 2 aromatic carbocycles. The highest BCUT2D eigenvalue weighted by Gasteiger charge is 2.33. The third-order valence-electron chi connectivity index (χ3n) is 4.18. The number of hydrogen-bond acceptors (Lipinski definition) is 5. The van der Waals surface area contributed by atoms with Crippen LogP contribution in [0, 0.1) is 0 Å². The van der Waals surface area contributed by atoms with E-state index in [1.807, 2.05) is 0 Å². The van der Waals surface area contributed by atoms with Crippen LogP contribution in [-0.2, 0) is 9.84 Å². The van der Waals surface area contributed by atoms with E-state index in [4.69, 9.17) is 21.1 Å². The molecule has 3 rings (SSSR count). The summed E-state index contributed by atoms with van der Waals surface area (Å²) in [6.07, 6.45) is 1.50. The molecule has 0 radical (unpaired) electrons. The van der Waals surface area contributed by atoms with Crippen molar-refractivity contribution in [3.63, 3.8) is 0 Å². The van der Waals surface area contributed by atoms with Crippen molar-refractivity contribution in [2.45, 2.75) is 6.04 Å². The number of sulfone groups is 1. The van der Waals surface area contributed by atoms with Gasteiger partial charge in [0.15, 0.2) is 21.3 Å². The van der Waals surface area contributed by atoms with Crippen molar-refractivity contribution in [3.8, 4) is 11.5 Å². The first kappa shape index (κ1) is 19.3. The number of hydrogen-bond donors (Lipinski definition) is 0. The van der Waals surface area contributed by atoms with Crippen molar-refractivity contribution < 1.29 is 22.7 Å². The second kappa shape index (κ2) is 7.62. The molecule has 8 heteroatoms. The monoisotopic (exact) mass is 407 g/mol. The number of halogens is 1. The van der Waals surface area contributed by atoms with E-state index in [1.54, 1.807) is 42.5 Å². The van der Waals surface area contributed by atoms with E-state index in [9.17, 15) is 13.2 Å². The van der Waals surface area contributed by atoms with Gasteiger partial charge in [-0.25, -0.2) is 8.42 Å². The largest absolute Gasteiger partial charge is 0.493 e. The van der Waals surface area contributed by atoms with Gasteiger partial charge in [-0.3, -0.25) is 4.79 Å². The number of anilines is 1. The average Bonchev–Trinajstić information content (AvgIpc) is 3.00. The van der Waals surface area contributed by atoms with Crippen LogP contribution in [0.25, 0.3) is 0 Å². The van der Waals surface area contributed by atoms with Gasteiger partial charge in [0.2, 0.25) is 0 Å². The molecule has 0 spiro atoms. The minimum atomic E-state index is -3.37. The Morgan fingerprint density at radius 1 is 1.15 bits per heavy atom. The van der Waals surface area contributed by atoms with Crippen LogP contribution < -0.4 is 14.4 Å². The first-order chi connectivity index (χ1) is 12.9. The molecule has 1 aliphatic rings. The van der Waals surface area contributed by atoms with Crippen LogP contribution >= 0.6 is 11.6 Å². The summed E-state index contributed by atoms with van der Waals surface area (Å²) in [5.74, 6) is 0.0722. The summed E-state index contributed by atoms with van der Waals surface area (Å²) in [7, 11) is -0.444. The number of carbonyl (C=O) groups excluding carboxylic acids is 1. The lowest BCUT2D eigenvalue weighted by molar-refractivity contribution is 0.0979. The van der Waals surface area contributed by atoms with E-state index in [1.165, 1.54) is 25.2 Å². The smallest absolute Gasteiger partial charge is 0.262 e. The quantitative estimate of drug-likeness (QED) is 0.760. The molecule has 1 amide bonds. The first-order valence-corrected chi connectivity index (χ1v) is 10.2. The molecular formula is C19H18ClNO5S. The van der Waals surface area contributed by atoms with Crippen LogP contribution in [0.2, 0.25) is 5.02 Å². The molecule has 0 aliphatic carbocycles. The molecule has 1 aliphatic heterocycles. The molecular weight excluding hydrogens is 390 g/mol. The Bertz CT molecular complexity index is 1000. The third-order valence-corrected chi connectivity index (χ3v) is 5.79. The van der Waals surface area contributed by atoms with Crippen molar-refractivity contribution in [2.24, 2.45) is 0 Å². The maximum Gasteiger partial charge on any atom is 0.262 e. The summed E-state index contributed by atoms with van der Waals surface area (Å²) in [5.41, 5.74) is 0.749. The normalized spacial score (nSPS) is 17.5. The SMILES string of the molecule is COc1cccc(C(=O)N(c2cccc(Cl)c2)[C@H]2C=CS(=O)(=O)C2)c1OC. The van der Waals surface area contributed by atoms with Crippen molar-refractivity contribution in [2.75, 3.05) is 24.9 Å². The van der Waals surface area contributed by atoms with E-state index in [2.05, 4.69) is 0 Å². The van der Waals surface area contributed by atoms with Gasteiger partial charge in [-0.2, -0.15) is 0 Å². The molecule has 0 bridgehead atoms. The zero-order valence-corrected chi connectivity index (χ0v) is 16.3. The molecule has 0 N–H and O–H groups in total. The summed E-state index contributed by atoms with van der Waals surface area (Å²) < 4.78 is 34.5. The summed E-state index contributed by atoms with van der Waals surface area (Å²) in [4.78, 5) is 14.8. The Hall–Kier alpha value is -2.51. The Morgan fingerprint density at radius 2 is 1.89 bits per heavy atom. The summed E-state index contributed by atoms with van der Waals surface area (Å²) >= 11 is 6.09. The van der Waals surface area contributed by atoms with Crippen molar-refractivity contribution in [3.05, 3.63) is 64.5 Å². The maximum absolute atomic E-state index is 13.4. The van der Waals surface area contributed by atoms with E-state index in [0.717, 1.165) is 5.41 Å². The number of nitrogens with zero attached hydrogens (tertiary/aromatic N) is 1. The summed E-state index contributed by atoms with van der Waals surface area (Å²) in [5, 5.41) is 1.57. The fraction of sp³-hybridized carbons (Fsp3) is 0.211. The number of carbonyl (C=O) groups is 1. The van der Waals surface area contributed by atoms with E-state index in [0.29, 0.717) is 16.5 Å². The highest BCUT2D eigenvalue weighted by molar-refractivity contribution is 7.94. The van der Waals surface area contributed by atoms with Crippen LogP contribution in [0.3, 0.4) is 0 Å². The molecule has 0 unspecified atom stereocenters. The number of rotatable bonds is 5.